The van der Waals surface area contributed by atoms with E-state index in [0.29, 0.717) is 42.3 Å². The summed E-state index contributed by atoms with van der Waals surface area (Å²) >= 11 is 1.16. The maximum Gasteiger partial charge on any atom is 0.226 e. The summed E-state index contributed by atoms with van der Waals surface area (Å²) in [6, 6.07) is 2.08. The molecular formula is C28H30F2N6O2S. The zero-order valence-electron chi connectivity index (χ0n) is 22.2. The van der Waals surface area contributed by atoms with Gasteiger partial charge in [0.15, 0.2) is 5.82 Å². The summed E-state index contributed by atoms with van der Waals surface area (Å²) in [4.78, 5) is 13.5. The predicted octanol–water partition coefficient (Wildman–Crippen LogP) is 4.19. The Morgan fingerprint density at radius 3 is 2.87 bits per heavy atom. The molecule has 2 aromatic rings. The topological polar surface area (TPSA) is 101 Å². The number of aromatic nitrogens is 2. The van der Waals surface area contributed by atoms with Crippen LogP contribution in [0.25, 0.3) is 16.5 Å². The first-order valence-electron chi connectivity index (χ1n) is 12.6. The number of nitriles is 1. The van der Waals surface area contributed by atoms with E-state index in [-0.39, 0.29) is 57.8 Å². The quantitative estimate of drug-likeness (QED) is 0.565. The van der Waals surface area contributed by atoms with Crippen LogP contribution in [0, 0.1) is 17.1 Å². The Balaban J connectivity index is 1.66. The van der Waals surface area contributed by atoms with Crippen molar-refractivity contribution in [1.82, 2.24) is 14.9 Å². The number of fused-ring (bicyclic) bond motifs is 3. The fourth-order valence-electron chi connectivity index (χ4n) is 5.22. The van der Waals surface area contributed by atoms with Gasteiger partial charge in [-0.1, -0.05) is 12.7 Å². The zero-order chi connectivity index (χ0) is 27.8. The molecule has 11 heteroatoms. The normalized spacial score (nSPS) is 20.2. The minimum Gasteiger partial charge on any atom is -0.400 e. The number of morpholine rings is 1. The summed E-state index contributed by atoms with van der Waals surface area (Å²) in [6.07, 6.45) is 2.91. The van der Waals surface area contributed by atoms with Crippen LogP contribution in [0.2, 0.25) is 0 Å². The highest BCUT2D eigenvalue weighted by Gasteiger charge is 2.33. The summed E-state index contributed by atoms with van der Waals surface area (Å²) in [5.74, 6) is -0.475. The van der Waals surface area contributed by atoms with Gasteiger partial charge in [0.25, 0.3) is 0 Å². The molecule has 1 aromatic carbocycles. The van der Waals surface area contributed by atoms with Gasteiger partial charge < -0.3 is 25.0 Å². The third kappa shape index (κ3) is 4.94. The molecule has 0 saturated carbocycles. The number of benzene rings is 1. The second-order valence-corrected chi connectivity index (χ2v) is 10.9. The highest BCUT2D eigenvalue weighted by Crippen LogP contribution is 2.46. The number of nitrogens with zero attached hydrogens (tertiary/aromatic N) is 5. The molecule has 5 rings (SSSR count). The summed E-state index contributed by atoms with van der Waals surface area (Å²) in [5, 5.41) is 10.5. The van der Waals surface area contributed by atoms with Gasteiger partial charge in [0.2, 0.25) is 5.95 Å². The second kappa shape index (κ2) is 11.1. The average Bonchev–Trinajstić information content (AvgIpc) is 3.41. The summed E-state index contributed by atoms with van der Waals surface area (Å²) in [5.41, 5.74) is 8.55. The van der Waals surface area contributed by atoms with E-state index in [1.54, 1.807) is 13.1 Å². The molecule has 1 aromatic heterocycles. The van der Waals surface area contributed by atoms with Crippen LogP contribution in [-0.2, 0) is 22.7 Å². The first-order chi connectivity index (χ1) is 18.7. The van der Waals surface area contributed by atoms with E-state index in [2.05, 4.69) is 27.5 Å². The zero-order valence-corrected chi connectivity index (χ0v) is 23.0. The van der Waals surface area contributed by atoms with Crippen LogP contribution in [-0.4, -0.2) is 67.1 Å². The van der Waals surface area contributed by atoms with E-state index in [9.17, 15) is 9.65 Å². The molecule has 4 heterocycles. The van der Waals surface area contributed by atoms with Gasteiger partial charge in [-0.3, -0.25) is 0 Å². The van der Waals surface area contributed by atoms with Gasteiger partial charge in [-0.2, -0.15) is 5.26 Å². The molecule has 0 amide bonds. The number of ether oxygens (including phenoxy) is 2. The second-order valence-electron chi connectivity index (χ2n) is 9.89. The van der Waals surface area contributed by atoms with Crippen LogP contribution in [0.4, 0.5) is 14.7 Å². The van der Waals surface area contributed by atoms with Crippen LogP contribution in [0.3, 0.4) is 0 Å². The highest BCUT2D eigenvalue weighted by molar-refractivity contribution is 8.03. The van der Waals surface area contributed by atoms with Crippen molar-refractivity contribution in [2.45, 2.75) is 26.2 Å². The van der Waals surface area contributed by atoms with Crippen molar-refractivity contribution < 1.29 is 18.3 Å². The maximum absolute atomic E-state index is 16.5. The van der Waals surface area contributed by atoms with Gasteiger partial charge >= 0.3 is 0 Å². The average molecular weight is 553 g/mol. The Hall–Kier alpha value is -3.30. The fourth-order valence-corrected chi connectivity index (χ4v) is 6.29. The molecule has 3 aliphatic heterocycles. The Bertz CT molecular complexity index is 1490. The smallest absolute Gasteiger partial charge is 0.226 e. The van der Waals surface area contributed by atoms with Crippen molar-refractivity contribution in [3.63, 3.8) is 0 Å². The SMILES string of the molecule is C=C(C1=C(/C(F)=C\C)SCC(N)=C1C#N)c1c2c(c3cnc(N4CCOC(CN(C)C)C4)nc3c1F)COC2. The molecule has 39 heavy (non-hydrogen) atoms. The van der Waals surface area contributed by atoms with Crippen LogP contribution < -0.4 is 10.6 Å². The van der Waals surface area contributed by atoms with Gasteiger partial charge in [-0.15, -0.1) is 11.8 Å². The fraction of sp³-hybridized carbons (Fsp3) is 0.393. The number of thioether (sulfide) groups is 1. The minimum absolute atomic E-state index is 0.0287. The van der Waals surface area contributed by atoms with E-state index in [4.69, 9.17) is 15.2 Å². The number of likely N-dealkylation sites (N-methyl/N-ethyl adjacent to an activating group) is 1. The van der Waals surface area contributed by atoms with E-state index < -0.39 is 11.6 Å². The molecule has 0 radical (unpaired) electrons. The van der Waals surface area contributed by atoms with Crippen molar-refractivity contribution in [1.29, 1.82) is 5.26 Å². The molecule has 2 N–H and O–H groups in total. The Morgan fingerprint density at radius 1 is 1.38 bits per heavy atom. The first kappa shape index (κ1) is 27.3. The van der Waals surface area contributed by atoms with Crippen molar-refractivity contribution in [2.24, 2.45) is 5.73 Å². The third-order valence-electron chi connectivity index (χ3n) is 7.03. The van der Waals surface area contributed by atoms with Crippen LogP contribution in [0.1, 0.15) is 23.6 Å². The van der Waals surface area contributed by atoms with Crippen molar-refractivity contribution in [2.75, 3.05) is 51.0 Å². The number of halogens is 2. The lowest BCUT2D eigenvalue weighted by molar-refractivity contribution is 0.0243. The Labute approximate surface area is 230 Å². The number of nitrogens with two attached hydrogens (primary N) is 1. The number of rotatable bonds is 6. The van der Waals surface area contributed by atoms with Crippen molar-refractivity contribution in [3.8, 4) is 6.07 Å². The van der Waals surface area contributed by atoms with Gasteiger partial charge in [-0.25, -0.2) is 18.7 Å². The molecule has 3 aliphatic rings. The molecule has 1 fully saturated rings. The molecule has 1 saturated heterocycles. The molecular weight excluding hydrogens is 522 g/mol. The lowest BCUT2D eigenvalue weighted by Gasteiger charge is -2.34. The van der Waals surface area contributed by atoms with E-state index in [1.807, 2.05) is 19.0 Å². The molecule has 8 nitrogen and oxygen atoms in total. The van der Waals surface area contributed by atoms with E-state index >= 15 is 4.39 Å². The molecule has 204 valence electrons. The van der Waals surface area contributed by atoms with Crippen LogP contribution in [0.15, 0.2) is 46.4 Å². The van der Waals surface area contributed by atoms with Crippen molar-refractivity contribution in [3.05, 3.63) is 68.9 Å². The number of hydrogen-bond acceptors (Lipinski definition) is 9. The Morgan fingerprint density at radius 2 is 2.15 bits per heavy atom. The summed E-state index contributed by atoms with van der Waals surface area (Å²) in [6.45, 7) is 8.54. The molecule has 0 spiro atoms. The summed E-state index contributed by atoms with van der Waals surface area (Å²) < 4.78 is 43.1. The lowest BCUT2D eigenvalue weighted by Crippen LogP contribution is -2.47. The van der Waals surface area contributed by atoms with E-state index in [0.717, 1.165) is 23.9 Å². The highest BCUT2D eigenvalue weighted by atomic mass is 32.2. The maximum atomic E-state index is 16.5. The molecule has 0 aliphatic carbocycles. The number of anilines is 1. The minimum atomic E-state index is -0.611. The predicted molar refractivity (Wildman–Crippen MR) is 149 cm³/mol. The van der Waals surface area contributed by atoms with Gasteiger partial charge in [0.05, 0.1) is 36.4 Å². The molecule has 1 unspecified atom stereocenters. The van der Waals surface area contributed by atoms with Gasteiger partial charge in [0.1, 0.15) is 17.4 Å². The summed E-state index contributed by atoms with van der Waals surface area (Å²) in [7, 11) is 3.96. The molecule has 0 bridgehead atoms. The molecule has 1 atom stereocenters. The van der Waals surface area contributed by atoms with E-state index in [1.165, 1.54) is 6.08 Å². The lowest BCUT2D eigenvalue weighted by atomic mass is 9.86. The van der Waals surface area contributed by atoms with Crippen LogP contribution in [0.5, 0.6) is 0 Å². The number of hydrogen-bond donors (Lipinski definition) is 1. The largest absolute Gasteiger partial charge is 0.400 e. The van der Waals surface area contributed by atoms with Crippen LogP contribution >= 0.6 is 11.8 Å². The Kier molecular flexibility index (Phi) is 7.73. The first-order valence-corrected chi connectivity index (χ1v) is 13.6. The van der Waals surface area contributed by atoms with Gasteiger partial charge in [0, 0.05) is 53.8 Å². The number of allylic oxidation sites excluding steroid dienone is 5. The van der Waals surface area contributed by atoms with Crippen molar-refractivity contribution >= 4 is 34.2 Å². The third-order valence-corrected chi connectivity index (χ3v) is 8.18. The standard InChI is InChI=1S/C28H30F2N6O2S/c1-5-21(29)27-24(17(8-31)22(32)14-39-27)15(2)23-20-13-37-12-19(20)18-9-33-28(34-26(18)25(23)30)36-6-7-38-16(11-36)10-35(3)4/h5,9,16H,2,6-7,10-14,32H2,1,3-4H3/b21-5+. The van der Waals surface area contributed by atoms with Gasteiger partial charge in [-0.05, 0) is 37.7 Å². The monoisotopic (exact) mass is 552 g/mol.